The summed E-state index contributed by atoms with van der Waals surface area (Å²) in [4.78, 5) is 0. The smallest absolute Gasteiger partial charge is 0.000740 e. The quantitative estimate of drug-likeness (QED) is 0.487. The molecule has 0 atom stereocenters. The van der Waals surface area contributed by atoms with Crippen LogP contribution in [0.15, 0.2) is 59.7 Å². The highest BCUT2D eigenvalue weighted by atomic mass is 14.3. The molecule has 0 saturated heterocycles. The molecule has 0 heteroatoms. The predicted molar refractivity (Wildman–Crippen MR) is 99.4 cm³/mol. The highest BCUT2D eigenvalue weighted by Gasteiger charge is 2.27. The molecule has 116 valence electrons. The van der Waals surface area contributed by atoms with Gasteiger partial charge in [-0.3, -0.25) is 0 Å². The van der Waals surface area contributed by atoms with Gasteiger partial charge in [-0.2, -0.15) is 0 Å². The molecule has 23 heavy (non-hydrogen) atoms. The first kappa shape index (κ1) is 14.5. The van der Waals surface area contributed by atoms with E-state index >= 15 is 0 Å². The Morgan fingerprint density at radius 1 is 0.783 bits per heavy atom. The monoisotopic (exact) mass is 300 g/mol. The maximum absolute atomic E-state index is 2.45. The summed E-state index contributed by atoms with van der Waals surface area (Å²) in [6, 6.07) is 15.7. The number of rotatable bonds is 1. The van der Waals surface area contributed by atoms with Crippen molar-refractivity contribution in [2.24, 2.45) is 5.41 Å². The van der Waals surface area contributed by atoms with Crippen molar-refractivity contribution in [2.75, 3.05) is 0 Å². The summed E-state index contributed by atoms with van der Waals surface area (Å²) in [5.41, 5.74) is 12.1. The van der Waals surface area contributed by atoms with Crippen LogP contribution in [-0.4, -0.2) is 0 Å². The van der Waals surface area contributed by atoms with E-state index in [9.17, 15) is 0 Å². The van der Waals surface area contributed by atoms with Crippen LogP contribution in [0.1, 0.15) is 50.8 Å². The van der Waals surface area contributed by atoms with E-state index < -0.39 is 0 Å². The van der Waals surface area contributed by atoms with Crippen molar-refractivity contribution in [3.05, 3.63) is 76.4 Å². The van der Waals surface area contributed by atoms with Gasteiger partial charge in [-0.25, -0.2) is 0 Å². The van der Waals surface area contributed by atoms with Gasteiger partial charge in [-0.05, 0) is 64.1 Å². The van der Waals surface area contributed by atoms with Crippen molar-refractivity contribution in [1.29, 1.82) is 0 Å². The minimum absolute atomic E-state index is 0.229. The lowest BCUT2D eigenvalue weighted by Gasteiger charge is -2.20. The van der Waals surface area contributed by atoms with E-state index in [1.54, 1.807) is 0 Å². The number of hydrogen-bond acceptors (Lipinski definition) is 0. The standard InChI is InChI=1S/C23H24/c1-15-12-17(14-22(15)23(2,3)4)19-10-7-11-20-18-9-6-5-8-16(18)13-21(19)20/h5-11,14H,12-13H2,1-4H3. The molecule has 0 heterocycles. The van der Waals surface area contributed by atoms with E-state index in [4.69, 9.17) is 0 Å². The molecule has 0 saturated carbocycles. The van der Waals surface area contributed by atoms with Crippen LogP contribution >= 0.6 is 0 Å². The third-order valence-corrected chi connectivity index (χ3v) is 5.24. The molecule has 0 spiro atoms. The molecule has 2 aliphatic rings. The molecule has 0 aliphatic heterocycles. The van der Waals surface area contributed by atoms with Crippen molar-refractivity contribution in [2.45, 2.75) is 40.5 Å². The van der Waals surface area contributed by atoms with Gasteiger partial charge < -0.3 is 0 Å². The molecule has 0 unspecified atom stereocenters. The van der Waals surface area contributed by atoms with Crippen molar-refractivity contribution >= 4 is 5.57 Å². The second kappa shape index (κ2) is 4.96. The summed E-state index contributed by atoms with van der Waals surface area (Å²) in [5.74, 6) is 0. The first-order chi connectivity index (χ1) is 10.9. The third-order valence-electron chi connectivity index (χ3n) is 5.24. The number of benzene rings is 2. The van der Waals surface area contributed by atoms with E-state index in [1.807, 2.05) is 0 Å². The summed E-state index contributed by atoms with van der Waals surface area (Å²) in [6.45, 7) is 9.24. The summed E-state index contributed by atoms with van der Waals surface area (Å²) in [5, 5.41) is 0. The molecule has 0 amide bonds. The largest absolute Gasteiger partial charge is 0.0652 e. The SMILES string of the molecule is CC1=C(C(C)(C)C)C=C(c2cccc3c2Cc2ccccc2-3)C1. The fourth-order valence-corrected chi connectivity index (χ4v) is 4.22. The average Bonchev–Trinajstić information content (AvgIpc) is 3.07. The Labute approximate surface area is 139 Å². The van der Waals surface area contributed by atoms with Crippen LogP contribution in [0.4, 0.5) is 0 Å². The van der Waals surface area contributed by atoms with E-state index in [2.05, 4.69) is 76.2 Å². The van der Waals surface area contributed by atoms with Gasteiger partial charge in [0.1, 0.15) is 0 Å². The maximum atomic E-state index is 2.45. The summed E-state index contributed by atoms with van der Waals surface area (Å²) in [6.07, 6.45) is 4.62. The molecule has 0 aromatic heterocycles. The molecule has 2 aromatic rings. The van der Waals surface area contributed by atoms with Crippen molar-refractivity contribution in [3.8, 4) is 11.1 Å². The van der Waals surface area contributed by atoms with Gasteiger partial charge in [0.15, 0.2) is 0 Å². The maximum Gasteiger partial charge on any atom is -0.000740 e. The van der Waals surface area contributed by atoms with Gasteiger partial charge in [-0.1, -0.05) is 74.9 Å². The van der Waals surface area contributed by atoms with E-state index in [0.717, 1.165) is 12.8 Å². The minimum Gasteiger partial charge on any atom is -0.0652 e. The van der Waals surface area contributed by atoms with Gasteiger partial charge in [0, 0.05) is 0 Å². The van der Waals surface area contributed by atoms with E-state index in [-0.39, 0.29) is 5.41 Å². The van der Waals surface area contributed by atoms with Crippen molar-refractivity contribution in [1.82, 2.24) is 0 Å². The van der Waals surface area contributed by atoms with E-state index in [1.165, 1.54) is 44.5 Å². The normalized spacial score (nSPS) is 16.4. The lowest BCUT2D eigenvalue weighted by molar-refractivity contribution is 0.514. The Hall–Kier alpha value is -2.08. The second-order valence-electron chi connectivity index (χ2n) is 7.96. The van der Waals surface area contributed by atoms with Gasteiger partial charge in [0.2, 0.25) is 0 Å². The average molecular weight is 300 g/mol. The first-order valence-corrected chi connectivity index (χ1v) is 8.56. The summed E-state index contributed by atoms with van der Waals surface area (Å²) in [7, 11) is 0. The van der Waals surface area contributed by atoms with Crippen molar-refractivity contribution < 1.29 is 0 Å². The fourth-order valence-electron chi connectivity index (χ4n) is 4.22. The zero-order valence-electron chi connectivity index (χ0n) is 14.5. The van der Waals surface area contributed by atoms with Gasteiger partial charge in [0.05, 0.1) is 0 Å². The second-order valence-corrected chi connectivity index (χ2v) is 7.96. The Kier molecular flexibility index (Phi) is 3.13. The highest BCUT2D eigenvalue weighted by Crippen LogP contribution is 2.45. The van der Waals surface area contributed by atoms with Crippen LogP contribution in [0, 0.1) is 5.41 Å². The van der Waals surface area contributed by atoms with Crippen LogP contribution in [0.2, 0.25) is 0 Å². The summed E-state index contributed by atoms with van der Waals surface area (Å²) < 4.78 is 0. The predicted octanol–water partition coefficient (Wildman–Crippen LogP) is 6.41. The number of fused-ring (bicyclic) bond motifs is 3. The van der Waals surface area contributed by atoms with E-state index in [0.29, 0.717) is 0 Å². The van der Waals surface area contributed by atoms with Crippen LogP contribution in [0.3, 0.4) is 0 Å². The zero-order chi connectivity index (χ0) is 16.2. The summed E-state index contributed by atoms with van der Waals surface area (Å²) >= 11 is 0. The lowest BCUT2D eigenvalue weighted by atomic mass is 9.85. The zero-order valence-corrected chi connectivity index (χ0v) is 14.5. The Morgan fingerprint density at radius 2 is 1.48 bits per heavy atom. The Bertz CT molecular complexity index is 854. The van der Waals surface area contributed by atoms with Crippen LogP contribution in [0.5, 0.6) is 0 Å². The molecule has 0 bridgehead atoms. The molecule has 2 aromatic carbocycles. The molecular weight excluding hydrogens is 276 g/mol. The van der Waals surface area contributed by atoms with Crippen molar-refractivity contribution in [3.63, 3.8) is 0 Å². The topological polar surface area (TPSA) is 0 Å². The minimum atomic E-state index is 0.229. The van der Waals surface area contributed by atoms with Gasteiger partial charge in [-0.15, -0.1) is 0 Å². The molecule has 2 aliphatic carbocycles. The lowest BCUT2D eigenvalue weighted by Crippen LogP contribution is -2.07. The molecule has 0 radical (unpaired) electrons. The first-order valence-electron chi connectivity index (χ1n) is 8.56. The van der Waals surface area contributed by atoms with Gasteiger partial charge >= 0.3 is 0 Å². The Morgan fingerprint density at radius 3 is 2.22 bits per heavy atom. The number of hydrogen-bond donors (Lipinski definition) is 0. The molecule has 4 rings (SSSR count). The number of allylic oxidation sites excluding steroid dienone is 4. The molecule has 0 nitrogen and oxygen atoms in total. The fraction of sp³-hybridized carbons (Fsp3) is 0.304. The van der Waals surface area contributed by atoms with Crippen LogP contribution in [0.25, 0.3) is 16.7 Å². The third kappa shape index (κ3) is 2.28. The van der Waals surface area contributed by atoms with Gasteiger partial charge in [0.25, 0.3) is 0 Å². The van der Waals surface area contributed by atoms with Crippen LogP contribution < -0.4 is 0 Å². The molecule has 0 fully saturated rings. The highest BCUT2D eigenvalue weighted by molar-refractivity contribution is 5.85. The molecule has 0 N–H and O–H groups in total. The Balaban J connectivity index is 1.80. The molecular formula is C23H24. The van der Waals surface area contributed by atoms with Crippen LogP contribution in [-0.2, 0) is 6.42 Å².